The van der Waals surface area contributed by atoms with E-state index >= 15 is 0 Å². The van der Waals surface area contributed by atoms with Gasteiger partial charge in [0.1, 0.15) is 11.6 Å². The molecule has 1 aromatic rings. The number of carbonyl (C=O) groups is 1. The quantitative estimate of drug-likeness (QED) is 0.728. The fourth-order valence-electron chi connectivity index (χ4n) is 1.70. The standard InChI is InChI=1S/C11H10BrF2NO/c1-6-9(13)3-8(4-10(6)14)15-5-7(12)2-11(15)16/h3-4,7H,2,5H2,1H3. The van der Waals surface area contributed by atoms with Crippen LogP contribution in [0.15, 0.2) is 12.1 Å². The Morgan fingerprint density at radius 3 is 2.38 bits per heavy atom. The van der Waals surface area contributed by atoms with Gasteiger partial charge in [-0.2, -0.15) is 0 Å². The minimum atomic E-state index is -0.624. The van der Waals surface area contributed by atoms with Crippen LogP contribution in [0.3, 0.4) is 0 Å². The molecule has 16 heavy (non-hydrogen) atoms. The van der Waals surface area contributed by atoms with E-state index in [-0.39, 0.29) is 22.0 Å². The molecule has 1 unspecified atom stereocenters. The highest BCUT2D eigenvalue weighted by Gasteiger charge is 2.29. The monoisotopic (exact) mass is 289 g/mol. The van der Waals surface area contributed by atoms with Crippen molar-refractivity contribution in [2.75, 3.05) is 11.4 Å². The van der Waals surface area contributed by atoms with Gasteiger partial charge in [-0.05, 0) is 19.1 Å². The van der Waals surface area contributed by atoms with Gasteiger partial charge in [-0.25, -0.2) is 8.78 Å². The van der Waals surface area contributed by atoms with E-state index < -0.39 is 11.6 Å². The average Bonchev–Trinajstić information content (AvgIpc) is 2.53. The number of hydrogen-bond donors (Lipinski definition) is 0. The minimum absolute atomic E-state index is 0.0224. The van der Waals surface area contributed by atoms with E-state index in [1.807, 2.05) is 0 Å². The number of nitrogens with zero attached hydrogens (tertiary/aromatic N) is 1. The summed E-state index contributed by atoms with van der Waals surface area (Å²) in [7, 11) is 0. The summed E-state index contributed by atoms with van der Waals surface area (Å²) in [5.41, 5.74) is 0.262. The number of alkyl halides is 1. The Hall–Kier alpha value is -0.970. The second-order valence-corrected chi connectivity index (χ2v) is 5.14. The van der Waals surface area contributed by atoms with Crippen LogP contribution in [0.1, 0.15) is 12.0 Å². The largest absolute Gasteiger partial charge is 0.311 e. The molecule has 1 atom stereocenters. The van der Waals surface area contributed by atoms with E-state index in [0.29, 0.717) is 13.0 Å². The molecule has 1 aliphatic heterocycles. The van der Waals surface area contributed by atoms with Crippen LogP contribution in [0.5, 0.6) is 0 Å². The van der Waals surface area contributed by atoms with E-state index in [1.54, 1.807) is 0 Å². The molecule has 1 heterocycles. The van der Waals surface area contributed by atoms with Gasteiger partial charge in [-0.15, -0.1) is 0 Å². The topological polar surface area (TPSA) is 20.3 Å². The van der Waals surface area contributed by atoms with Crippen molar-refractivity contribution in [1.82, 2.24) is 0 Å². The molecular formula is C11H10BrF2NO. The molecule has 2 rings (SSSR count). The summed E-state index contributed by atoms with van der Waals surface area (Å²) in [4.78, 5) is 13.0. The summed E-state index contributed by atoms with van der Waals surface area (Å²) in [6.07, 6.45) is 0.358. The van der Waals surface area contributed by atoms with E-state index in [0.717, 1.165) is 0 Å². The van der Waals surface area contributed by atoms with Crippen LogP contribution in [0.4, 0.5) is 14.5 Å². The number of anilines is 1. The molecule has 1 aromatic carbocycles. The lowest BCUT2D eigenvalue weighted by Crippen LogP contribution is -2.24. The Morgan fingerprint density at radius 1 is 1.38 bits per heavy atom. The summed E-state index contributed by atoms with van der Waals surface area (Å²) < 4.78 is 26.7. The van der Waals surface area contributed by atoms with Crippen molar-refractivity contribution >= 4 is 27.5 Å². The Morgan fingerprint density at radius 2 is 1.94 bits per heavy atom. The molecule has 5 heteroatoms. The van der Waals surface area contributed by atoms with Gasteiger partial charge in [0.05, 0.1) is 0 Å². The Bertz CT molecular complexity index is 427. The minimum Gasteiger partial charge on any atom is -0.311 e. The van der Waals surface area contributed by atoms with Crippen LogP contribution in [0.2, 0.25) is 0 Å². The normalized spacial score (nSPS) is 20.6. The number of carbonyl (C=O) groups excluding carboxylic acids is 1. The van der Waals surface area contributed by atoms with Crippen LogP contribution in [0.25, 0.3) is 0 Å². The first kappa shape index (κ1) is 11.5. The molecule has 1 fully saturated rings. The highest BCUT2D eigenvalue weighted by atomic mass is 79.9. The lowest BCUT2D eigenvalue weighted by atomic mass is 10.2. The van der Waals surface area contributed by atoms with Crippen molar-refractivity contribution in [1.29, 1.82) is 0 Å². The molecule has 1 amide bonds. The van der Waals surface area contributed by atoms with E-state index in [9.17, 15) is 13.6 Å². The van der Waals surface area contributed by atoms with Crippen LogP contribution in [-0.4, -0.2) is 17.3 Å². The second-order valence-electron chi connectivity index (χ2n) is 3.84. The fourth-order valence-corrected chi connectivity index (χ4v) is 2.27. The summed E-state index contributed by atoms with van der Waals surface area (Å²) in [5, 5.41) is 0. The van der Waals surface area contributed by atoms with Crippen LogP contribution in [-0.2, 0) is 4.79 Å². The first-order valence-corrected chi connectivity index (χ1v) is 5.80. The van der Waals surface area contributed by atoms with Gasteiger partial charge in [0.2, 0.25) is 5.91 Å². The maximum Gasteiger partial charge on any atom is 0.228 e. The lowest BCUT2D eigenvalue weighted by Gasteiger charge is -2.16. The zero-order valence-electron chi connectivity index (χ0n) is 8.64. The van der Waals surface area contributed by atoms with Crippen LogP contribution >= 0.6 is 15.9 Å². The molecule has 0 spiro atoms. The third kappa shape index (κ3) is 1.96. The first-order valence-electron chi connectivity index (χ1n) is 4.89. The molecule has 2 nitrogen and oxygen atoms in total. The highest BCUT2D eigenvalue weighted by molar-refractivity contribution is 9.09. The smallest absolute Gasteiger partial charge is 0.228 e. The van der Waals surface area contributed by atoms with Gasteiger partial charge >= 0.3 is 0 Å². The molecule has 86 valence electrons. The predicted molar refractivity (Wildman–Crippen MR) is 60.8 cm³/mol. The number of rotatable bonds is 1. The fraction of sp³-hybridized carbons (Fsp3) is 0.364. The third-order valence-electron chi connectivity index (χ3n) is 2.66. The van der Waals surface area contributed by atoms with E-state index in [2.05, 4.69) is 15.9 Å². The molecule has 0 radical (unpaired) electrons. The SMILES string of the molecule is Cc1c(F)cc(N2CC(Br)CC2=O)cc1F. The summed E-state index contributed by atoms with van der Waals surface area (Å²) in [6.45, 7) is 1.81. The summed E-state index contributed by atoms with van der Waals surface area (Å²) in [6, 6.07) is 2.39. The van der Waals surface area contributed by atoms with Gasteiger partial charge in [-0.1, -0.05) is 15.9 Å². The lowest BCUT2D eigenvalue weighted by molar-refractivity contribution is -0.117. The van der Waals surface area contributed by atoms with Gasteiger partial charge < -0.3 is 4.90 Å². The molecule has 1 aliphatic rings. The van der Waals surface area contributed by atoms with Crippen molar-refractivity contribution in [3.8, 4) is 0 Å². The van der Waals surface area contributed by atoms with E-state index in [4.69, 9.17) is 0 Å². The Kier molecular flexibility index (Phi) is 2.97. The van der Waals surface area contributed by atoms with Crippen LogP contribution < -0.4 is 4.90 Å². The number of benzene rings is 1. The Labute approximate surface area is 100 Å². The van der Waals surface area contributed by atoms with Crippen molar-refractivity contribution in [2.45, 2.75) is 18.2 Å². The maximum absolute atomic E-state index is 13.3. The third-order valence-corrected chi connectivity index (χ3v) is 3.27. The predicted octanol–water partition coefficient (Wildman–Crippen LogP) is 2.77. The number of amides is 1. The van der Waals surface area contributed by atoms with Gasteiger partial charge in [0, 0.05) is 29.0 Å². The summed E-state index contributed by atoms with van der Waals surface area (Å²) >= 11 is 3.32. The zero-order chi connectivity index (χ0) is 11.9. The molecule has 0 bridgehead atoms. The van der Waals surface area contributed by atoms with Gasteiger partial charge in [0.25, 0.3) is 0 Å². The molecule has 0 N–H and O–H groups in total. The van der Waals surface area contributed by atoms with Crippen molar-refractivity contribution in [3.05, 3.63) is 29.3 Å². The van der Waals surface area contributed by atoms with Gasteiger partial charge in [-0.3, -0.25) is 4.79 Å². The van der Waals surface area contributed by atoms with Gasteiger partial charge in [0.15, 0.2) is 0 Å². The molecule has 0 aromatic heterocycles. The van der Waals surface area contributed by atoms with Crippen molar-refractivity contribution in [2.24, 2.45) is 0 Å². The van der Waals surface area contributed by atoms with Crippen molar-refractivity contribution < 1.29 is 13.6 Å². The highest BCUT2D eigenvalue weighted by Crippen LogP contribution is 2.27. The molecule has 1 saturated heterocycles. The van der Waals surface area contributed by atoms with Crippen LogP contribution in [0, 0.1) is 18.6 Å². The van der Waals surface area contributed by atoms with E-state index in [1.165, 1.54) is 24.0 Å². The molecule has 0 saturated carbocycles. The molecule has 0 aliphatic carbocycles. The Balaban J connectivity index is 2.38. The zero-order valence-corrected chi connectivity index (χ0v) is 10.2. The van der Waals surface area contributed by atoms with Crippen molar-refractivity contribution in [3.63, 3.8) is 0 Å². The number of hydrogen-bond acceptors (Lipinski definition) is 1. The second kappa shape index (κ2) is 4.13. The number of halogens is 3. The first-order chi connectivity index (χ1) is 7.49. The summed E-state index contributed by atoms with van der Waals surface area (Å²) in [5.74, 6) is -1.37. The molecular weight excluding hydrogens is 280 g/mol. The maximum atomic E-state index is 13.3. The average molecular weight is 290 g/mol.